The number of carbonyl (C=O) groups is 1. The molecule has 27 heavy (non-hydrogen) atoms. The molecular weight excluding hydrogens is 435 g/mol. The highest BCUT2D eigenvalue weighted by Crippen LogP contribution is 2.60. The Hall–Kier alpha value is -0.950. The molecule has 0 aromatic heterocycles. The lowest BCUT2D eigenvalue weighted by molar-refractivity contribution is -0.0746. The summed E-state index contributed by atoms with van der Waals surface area (Å²) in [6, 6.07) is 2.53. The SMILES string of the molecule is CS(=O)(=O)CC(=O)c1cc(Br)c(OCC23CC4CC(CC(C4)C2)C3)cc1F. The zero-order valence-electron chi connectivity index (χ0n) is 15.3. The fourth-order valence-corrected chi connectivity index (χ4v) is 6.96. The van der Waals surface area contributed by atoms with Crippen molar-refractivity contribution in [3.8, 4) is 5.75 Å². The van der Waals surface area contributed by atoms with E-state index >= 15 is 0 Å². The van der Waals surface area contributed by atoms with Crippen molar-refractivity contribution in [2.75, 3.05) is 18.6 Å². The van der Waals surface area contributed by atoms with E-state index in [1.807, 2.05) is 0 Å². The minimum atomic E-state index is -3.51. The van der Waals surface area contributed by atoms with Crippen LogP contribution in [0.15, 0.2) is 16.6 Å². The van der Waals surface area contributed by atoms with Gasteiger partial charge in [0, 0.05) is 17.7 Å². The van der Waals surface area contributed by atoms with E-state index in [2.05, 4.69) is 15.9 Å². The number of rotatable bonds is 6. The third-order valence-corrected chi connectivity index (χ3v) is 7.82. The fourth-order valence-electron chi connectivity index (χ4n) is 5.87. The average molecular weight is 459 g/mol. The van der Waals surface area contributed by atoms with Crippen molar-refractivity contribution in [3.63, 3.8) is 0 Å². The molecule has 7 heteroatoms. The fraction of sp³-hybridized carbons (Fsp3) is 0.650. The van der Waals surface area contributed by atoms with Crippen molar-refractivity contribution in [2.45, 2.75) is 38.5 Å². The zero-order chi connectivity index (χ0) is 19.4. The first-order valence-electron chi connectivity index (χ1n) is 9.45. The molecule has 4 aliphatic rings. The summed E-state index contributed by atoms with van der Waals surface area (Å²) in [4.78, 5) is 12.1. The van der Waals surface area contributed by atoms with Gasteiger partial charge in [-0.25, -0.2) is 12.8 Å². The van der Waals surface area contributed by atoms with Gasteiger partial charge in [0.25, 0.3) is 0 Å². The van der Waals surface area contributed by atoms with Crippen LogP contribution in [0.4, 0.5) is 4.39 Å². The second kappa shape index (κ2) is 6.83. The number of carbonyl (C=O) groups excluding carboxylic acids is 1. The first-order chi connectivity index (χ1) is 12.6. The Balaban J connectivity index is 1.49. The van der Waals surface area contributed by atoms with Gasteiger partial charge in [-0.05, 0) is 78.3 Å². The molecule has 4 fully saturated rings. The maximum atomic E-state index is 14.4. The van der Waals surface area contributed by atoms with Gasteiger partial charge in [0.2, 0.25) is 0 Å². The third-order valence-electron chi connectivity index (χ3n) is 6.41. The molecule has 0 aliphatic heterocycles. The molecule has 0 N–H and O–H groups in total. The Bertz CT molecular complexity index is 845. The molecule has 0 spiro atoms. The number of hydrogen-bond acceptors (Lipinski definition) is 4. The molecule has 0 heterocycles. The Labute approximate surface area is 167 Å². The number of Topliss-reactive ketones (excluding diaryl/α,β-unsaturated/α-hetero) is 1. The minimum Gasteiger partial charge on any atom is -0.492 e. The van der Waals surface area contributed by atoms with Crippen LogP contribution in [0.25, 0.3) is 0 Å². The summed E-state index contributed by atoms with van der Waals surface area (Å²) in [6.45, 7) is 0.575. The molecule has 0 saturated heterocycles. The summed E-state index contributed by atoms with van der Waals surface area (Å²) < 4.78 is 43.5. The molecule has 4 bridgehead atoms. The second-order valence-corrected chi connectivity index (χ2v) is 12.0. The predicted molar refractivity (Wildman–Crippen MR) is 104 cm³/mol. The van der Waals surface area contributed by atoms with Crippen LogP contribution in [-0.4, -0.2) is 32.8 Å². The summed E-state index contributed by atoms with van der Waals surface area (Å²) in [7, 11) is -3.51. The molecule has 4 aliphatic carbocycles. The average Bonchev–Trinajstić information content (AvgIpc) is 2.52. The van der Waals surface area contributed by atoms with E-state index in [1.165, 1.54) is 50.7 Å². The number of ether oxygens (including phenoxy) is 1. The smallest absolute Gasteiger partial charge is 0.180 e. The van der Waals surface area contributed by atoms with E-state index in [1.54, 1.807) is 0 Å². The number of hydrogen-bond donors (Lipinski definition) is 0. The lowest BCUT2D eigenvalue weighted by atomic mass is 9.50. The maximum absolute atomic E-state index is 14.4. The molecule has 0 radical (unpaired) electrons. The van der Waals surface area contributed by atoms with Crippen molar-refractivity contribution in [3.05, 3.63) is 28.0 Å². The van der Waals surface area contributed by atoms with Gasteiger partial charge in [0.05, 0.1) is 16.6 Å². The van der Waals surface area contributed by atoms with Crippen molar-refractivity contribution in [1.82, 2.24) is 0 Å². The molecule has 0 atom stereocenters. The van der Waals surface area contributed by atoms with Gasteiger partial charge in [-0.3, -0.25) is 4.79 Å². The van der Waals surface area contributed by atoms with E-state index in [0.29, 0.717) is 16.8 Å². The highest BCUT2D eigenvalue weighted by atomic mass is 79.9. The van der Waals surface area contributed by atoms with Crippen LogP contribution in [0.1, 0.15) is 48.9 Å². The summed E-state index contributed by atoms with van der Waals surface area (Å²) in [6.07, 6.45) is 8.62. The Morgan fingerprint density at radius 2 is 1.74 bits per heavy atom. The first-order valence-corrected chi connectivity index (χ1v) is 12.3. The van der Waals surface area contributed by atoms with Gasteiger partial charge in [-0.1, -0.05) is 0 Å². The molecule has 1 aromatic rings. The van der Waals surface area contributed by atoms with E-state index in [4.69, 9.17) is 4.74 Å². The molecule has 0 unspecified atom stereocenters. The quantitative estimate of drug-likeness (QED) is 0.592. The van der Waals surface area contributed by atoms with E-state index in [9.17, 15) is 17.6 Å². The van der Waals surface area contributed by atoms with Gasteiger partial charge in [0.15, 0.2) is 15.6 Å². The molecule has 148 valence electrons. The molecule has 4 saturated carbocycles. The van der Waals surface area contributed by atoms with Gasteiger partial charge >= 0.3 is 0 Å². The summed E-state index contributed by atoms with van der Waals surface area (Å²) in [5.74, 6) is 0.627. The van der Waals surface area contributed by atoms with Gasteiger partial charge in [-0.15, -0.1) is 0 Å². The summed E-state index contributed by atoms with van der Waals surface area (Å²) >= 11 is 3.35. The Morgan fingerprint density at radius 3 is 2.26 bits per heavy atom. The van der Waals surface area contributed by atoms with Crippen LogP contribution < -0.4 is 4.74 Å². The molecule has 4 nitrogen and oxygen atoms in total. The third kappa shape index (κ3) is 4.09. The van der Waals surface area contributed by atoms with Gasteiger partial charge in [0.1, 0.15) is 17.3 Å². The van der Waals surface area contributed by atoms with E-state index in [-0.39, 0.29) is 11.0 Å². The number of benzene rings is 1. The van der Waals surface area contributed by atoms with Gasteiger partial charge < -0.3 is 4.74 Å². The maximum Gasteiger partial charge on any atom is 0.180 e. The van der Waals surface area contributed by atoms with Crippen molar-refractivity contribution >= 4 is 31.6 Å². The van der Waals surface area contributed by atoms with Crippen LogP contribution in [0.2, 0.25) is 0 Å². The number of ketones is 1. The lowest BCUT2D eigenvalue weighted by Gasteiger charge is -2.56. The van der Waals surface area contributed by atoms with Gasteiger partial charge in [-0.2, -0.15) is 0 Å². The number of halogens is 2. The normalized spacial score (nSPS) is 31.9. The van der Waals surface area contributed by atoms with Crippen LogP contribution in [0.3, 0.4) is 0 Å². The second-order valence-electron chi connectivity index (χ2n) is 8.96. The predicted octanol–water partition coefficient (Wildman–Crippen LogP) is 4.41. The van der Waals surface area contributed by atoms with Crippen molar-refractivity contribution in [1.29, 1.82) is 0 Å². The van der Waals surface area contributed by atoms with Crippen LogP contribution >= 0.6 is 15.9 Å². The topological polar surface area (TPSA) is 60.4 Å². The Morgan fingerprint density at radius 1 is 1.19 bits per heavy atom. The molecule has 0 amide bonds. The minimum absolute atomic E-state index is 0.204. The van der Waals surface area contributed by atoms with E-state index < -0.39 is 27.2 Å². The highest BCUT2D eigenvalue weighted by molar-refractivity contribution is 9.10. The molecule has 5 rings (SSSR count). The summed E-state index contributed by atoms with van der Waals surface area (Å²) in [5, 5.41) is 0. The van der Waals surface area contributed by atoms with E-state index in [0.717, 1.165) is 24.0 Å². The van der Waals surface area contributed by atoms with Crippen LogP contribution in [0.5, 0.6) is 5.75 Å². The molecular formula is C20H24BrFO4S. The van der Waals surface area contributed by atoms with Crippen molar-refractivity contribution in [2.24, 2.45) is 23.2 Å². The monoisotopic (exact) mass is 458 g/mol. The van der Waals surface area contributed by atoms with Crippen molar-refractivity contribution < 1.29 is 22.3 Å². The number of sulfone groups is 1. The zero-order valence-corrected chi connectivity index (χ0v) is 17.7. The highest BCUT2D eigenvalue weighted by Gasteiger charge is 2.51. The standard InChI is InChI=1S/C20H24BrFO4S/c1-27(24,25)10-18(23)15-5-16(21)19(6-17(15)22)26-11-20-7-12-2-13(8-20)4-14(3-12)9-20/h5-6,12-14H,2-4,7-11H2,1H3. The summed E-state index contributed by atoms with van der Waals surface area (Å²) in [5.41, 5.74) is -0.0235. The lowest BCUT2D eigenvalue weighted by Crippen LogP contribution is -2.48. The molecule has 1 aromatic carbocycles. The largest absolute Gasteiger partial charge is 0.492 e. The van der Waals surface area contributed by atoms with Crippen LogP contribution in [-0.2, 0) is 9.84 Å². The first kappa shape index (κ1) is 19.4. The Kier molecular flexibility index (Phi) is 4.90. The van der Waals surface area contributed by atoms with Crippen LogP contribution in [0, 0.1) is 29.0 Å².